The van der Waals surface area contributed by atoms with Crippen LogP contribution in [0.2, 0.25) is 10.3 Å². The number of carbonyl (C=O) groups is 2. The minimum Gasteiger partial charge on any atom is -0.478 e. The van der Waals surface area contributed by atoms with Crippen molar-refractivity contribution in [2.75, 3.05) is 19.8 Å². The second-order valence-electron chi connectivity index (χ2n) is 11.9. The first-order chi connectivity index (χ1) is 20.6. The largest absolute Gasteiger partial charge is 0.478 e. The molecule has 0 saturated carbocycles. The Morgan fingerprint density at radius 2 is 1.18 bits per heavy atom. The smallest absolute Gasteiger partial charge is 0.341 e. The number of pyridine rings is 2. The van der Waals surface area contributed by atoms with Gasteiger partial charge in [0.15, 0.2) is 11.6 Å². The lowest BCUT2D eigenvalue weighted by Gasteiger charge is -2.17. The van der Waals surface area contributed by atoms with Gasteiger partial charge in [-0.05, 0) is 42.0 Å². The van der Waals surface area contributed by atoms with Gasteiger partial charge in [0, 0.05) is 24.5 Å². The molecule has 4 aromatic heterocycles. The van der Waals surface area contributed by atoms with Crippen molar-refractivity contribution >= 4 is 35.1 Å². The molecular formula is C30H36Cl2N6O6. The van der Waals surface area contributed by atoms with Crippen molar-refractivity contribution in [3.63, 3.8) is 0 Å². The Kier molecular flexibility index (Phi) is 11.3. The first kappa shape index (κ1) is 34.3. The maximum Gasteiger partial charge on any atom is 0.341 e. The molecule has 0 atom stereocenters. The predicted octanol–water partition coefficient (Wildman–Crippen LogP) is 6.57. The number of rotatable bonds is 9. The van der Waals surface area contributed by atoms with Crippen molar-refractivity contribution in [3.05, 3.63) is 70.2 Å². The van der Waals surface area contributed by atoms with Crippen molar-refractivity contribution in [1.29, 1.82) is 0 Å². The Bertz CT molecular complexity index is 1590. The molecule has 1 N–H and O–H groups in total. The molecule has 12 nitrogen and oxygen atoms in total. The monoisotopic (exact) mass is 646 g/mol. The van der Waals surface area contributed by atoms with E-state index >= 15 is 0 Å². The average Bonchev–Trinajstić information content (AvgIpc) is 3.60. The molecular weight excluding hydrogens is 611 g/mol. The first-order valence-electron chi connectivity index (χ1n) is 13.7. The zero-order valence-corrected chi connectivity index (χ0v) is 27.2. The molecule has 0 bridgehead atoms. The Hall–Kier alpha value is -4.16. The summed E-state index contributed by atoms with van der Waals surface area (Å²) in [5.74, 6) is 0.293. The third kappa shape index (κ3) is 10.2. The molecule has 0 aliphatic rings. The summed E-state index contributed by atoms with van der Waals surface area (Å²) in [5, 5.41) is 17.4. The van der Waals surface area contributed by atoms with Gasteiger partial charge >= 0.3 is 11.9 Å². The number of carboxylic acid groups (broad SMARTS) is 1. The van der Waals surface area contributed by atoms with E-state index in [-0.39, 0.29) is 38.9 Å². The number of nitrogens with zero attached hydrogens (tertiary/aromatic N) is 6. The number of esters is 1. The summed E-state index contributed by atoms with van der Waals surface area (Å²) in [7, 11) is 0. The van der Waals surface area contributed by atoms with Gasteiger partial charge in [-0.2, -0.15) is 0 Å². The van der Waals surface area contributed by atoms with Crippen LogP contribution in [0.4, 0.5) is 0 Å². The highest BCUT2D eigenvalue weighted by atomic mass is 35.5. The molecule has 44 heavy (non-hydrogen) atoms. The third-order valence-corrected chi connectivity index (χ3v) is 5.87. The molecule has 0 amide bonds. The van der Waals surface area contributed by atoms with Crippen LogP contribution in [0.3, 0.4) is 0 Å². The summed E-state index contributed by atoms with van der Waals surface area (Å²) >= 11 is 11.9. The van der Waals surface area contributed by atoms with E-state index in [1.54, 1.807) is 48.3 Å². The molecule has 0 radical (unpaired) electrons. The molecule has 0 aliphatic heterocycles. The van der Waals surface area contributed by atoms with Crippen molar-refractivity contribution < 1.29 is 28.9 Å². The van der Waals surface area contributed by atoms with Gasteiger partial charge in [0.05, 0.1) is 30.9 Å². The fraction of sp³-hybridized carbons (Fsp3) is 0.400. The Morgan fingerprint density at radius 3 is 1.55 bits per heavy atom. The highest BCUT2D eigenvalue weighted by Gasteiger charge is 2.17. The number of aromatic carboxylic acids is 1. The lowest BCUT2D eigenvalue weighted by Crippen LogP contribution is -2.17. The standard InChI is InChI=1S/C16H20ClN3O3.C14H16ClN3O3/c1-5-22-15(21)11-6-7-12(18-14(11)17)20-9-8-13(19-20)23-10-16(2,3)4;1-14(2,3)8-21-11-6-7-18(17-11)10-5-4-9(13(19)20)12(15)16-10/h6-9H,5,10H2,1-4H3;4-7H,8H2,1-3H3,(H,19,20). The summed E-state index contributed by atoms with van der Waals surface area (Å²) in [4.78, 5) is 30.8. The Labute approximate surface area is 265 Å². The molecule has 4 rings (SSSR count). The van der Waals surface area contributed by atoms with E-state index in [0.29, 0.717) is 36.6 Å². The van der Waals surface area contributed by atoms with E-state index in [0.717, 1.165) is 0 Å². The van der Waals surface area contributed by atoms with Gasteiger partial charge in [-0.15, -0.1) is 10.2 Å². The fourth-order valence-electron chi connectivity index (χ4n) is 3.23. The second-order valence-corrected chi connectivity index (χ2v) is 12.7. The topological polar surface area (TPSA) is 143 Å². The molecule has 0 spiro atoms. The number of carboxylic acids is 1. The predicted molar refractivity (Wildman–Crippen MR) is 166 cm³/mol. The molecule has 236 valence electrons. The maximum atomic E-state index is 11.7. The van der Waals surface area contributed by atoms with Crippen LogP contribution in [0, 0.1) is 10.8 Å². The van der Waals surface area contributed by atoms with Crippen molar-refractivity contribution in [2.24, 2.45) is 10.8 Å². The SMILES string of the molecule is CC(C)(C)COc1ccn(-c2ccc(C(=O)O)c(Cl)n2)n1.CCOC(=O)c1ccc(-n2ccc(OCC(C)(C)C)n2)nc1Cl. The number of hydrogen-bond acceptors (Lipinski definition) is 9. The van der Waals surface area contributed by atoms with Gasteiger partial charge in [0.1, 0.15) is 10.3 Å². The van der Waals surface area contributed by atoms with Crippen LogP contribution in [0.5, 0.6) is 11.8 Å². The highest BCUT2D eigenvalue weighted by Crippen LogP contribution is 2.21. The van der Waals surface area contributed by atoms with Crippen molar-refractivity contribution in [2.45, 2.75) is 48.5 Å². The quantitative estimate of drug-likeness (QED) is 0.157. The highest BCUT2D eigenvalue weighted by molar-refractivity contribution is 6.32. The van der Waals surface area contributed by atoms with Crippen LogP contribution in [-0.2, 0) is 4.74 Å². The van der Waals surface area contributed by atoms with E-state index in [4.69, 9.17) is 42.5 Å². The maximum absolute atomic E-state index is 11.7. The van der Waals surface area contributed by atoms with Crippen LogP contribution in [0.25, 0.3) is 11.6 Å². The van der Waals surface area contributed by atoms with Gasteiger partial charge < -0.3 is 19.3 Å². The summed E-state index contributed by atoms with van der Waals surface area (Å²) in [6, 6.07) is 9.62. The molecule has 0 unspecified atom stereocenters. The normalized spacial score (nSPS) is 11.4. The molecule has 4 aromatic rings. The number of carbonyl (C=O) groups excluding carboxylic acids is 1. The minimum absolute atomic E-state index is 0.0362. The van der Waals surface area contributed by atoms with Crippen LogP contribution in [0.15, 0.2) is 48.8 Å². The van der Waals surface area contributed by atoms with Gasteiger partial charge in [-0.25, -0.2) is 28.9 Å². The van der Waals surface area contributed by atoms with Crippen LogP contribution in [0.1, 0.15) is 69.2 Å². The molecule has 0 aromatic carbocycles. The number of hydrogen-bond donors (Lipinski definition) is 1. The zero-order valence-electron chi connectivity index (χ0n) is 25.7. The van der Waals surface area contributed by atoms with Crippen molar-refractivity contribution in [1.82, 2.24) is 29.5 Å². The lowest BCUT2D eigenvalue weighted by atomic mass is 9.99. The molecule has 0 fully saturated rings. The first-order valence-corrected chi connectivity index (χ1v) is 14.4. The number of ether oxygens (including phenoxy) is 3. The van der Waals surface area contributed by atoms with Crippen LogP contribution in [-0.4, -0.2) is 66.4 Å². The van der Waals surface area contributed by atoms with Gasteiger partial charge in [-0.3, -0.25) is 0 Å². The Balaban J connectivity index is 0.000000241. The van der Waals surface area contributed by atoms with Gasteiger partial charge in [-0.1, -0.05) is 64.7 Å². The fourth-order valence-corrected chi connectivity index (χ4v) is 3.69. The Morgan fingerprint density at radius 1 is 0.750 bits per heavy atom. The number of halogens is 2. The van der Waals surface area contributed by atoms with E-state index in [9.17, 15) is 9.59 Å². The molecule has 0 saturated heterocycles. The summed E-state index contributed by atoms with van der Waals surface area (Å²) < 4.78 is 19.1. The van der Waals surface area contributed by atoms with Crippen molar-refractivity contribution in [3.8, 4) is 23.4 Å². The third-order valence-electron chi connectivity index (χ3n) is 5.30. The average molecular weight is 648 g/mol. The molecule has 14 heteroatoms. The van der Waals surface area contributed by atoms with Crippen LogP contribution < -0.4 is 9.47 Å². The van der Waals surface area contributed by atoms with E-state index in [2.05, 4.69) is 61.7 Å². The summed E-state index contributed by atoms with van der Waals surface area (Å²) in [6.45, 7) is 15.6. The van der Waals surface area contributed by atoms with E-state index in [1.807, 2.05) is 0 Å². The zero-order chi connectivity index (χ0) is 32.7. The molecule has 0 aliphatic carbocycles. The van der Waals surface area contributed by atoms with E-state index in [1.165, 1.54) is 16.8 Å². The molecule has 4 heterocycles. The van der Waals surface area contributed by atoms with Gasteiger partial charge in [0.25, 0.3) is 0 Å². The number of aromatic nitrogens is 6. The summed E-state index contributed by atoms with van der Waals surface area (Å²) in [5.41, 5.74) is 0.270. The van der Waals surface area contributed by atoms with Gasteiger partial charge in [0.2, 0.25) is 11.8 Å². The van der Waals surface area contributed by atoms with Crippen LogP contribution >= 0.6 is 23.2 Å². The second kappa shape index (κ2) is 14.5. The van der Waals surface area contributed by atoms with E-state index < -0.39 is 11.9 Å². The minimum atomic E-state index is -1.12. The summed E-state index contributed by atoms with van der Waals surface area (Å²) in [6.07, 6.45) is 3.40. The lowest BCUT2D eigenvalue weighted by molar-refractivity contribution is 0.0525.